The zero-order chi connectivity index (χ0) is 20.5. The molecule has 0 fully saturated rings. The molecule has 0 unspecified atom stereocenters. The molecule has 0 bridgehead atoms. The molecule has 2 aromatic carbocycles. The number of nitrogens with zero attached hydrogens (tertiary/aromatic N) is 2. The molecule has 3 rings (SSSR count). The van der Waals surface area contributed by atoms with Crippen LogP contribution in [0.25, 0.3) is 10.9 Å². The molecule has 0 saturated carbocycles. The van der Waals surface area contributed by atoms with Gasteiger partial charge in [-0.25, -0.2) is 4.79 Å². The SMILES string of the molecule is CCN(Cc1ccccc1)C(=O)CNC(=O)NCCCn1ccc2ccccc21. The molecular formula is C23H28N4O2. The highest BCUT2D eigenvalue weighted by Crippen LogP contribution is 2.15. The van der Waals surface area contributed by atoms with E-state index in [4.69, 9.17) is 0 Å². The second kappa shape index (κ2) is 10.3. The van der Waals surface area contributed by atoms with Gasteiger partial charge in [-0.05, 0) is 36.4 Å². The maximum Gasteiger partial charge on any atom is 0.315 e. The number of fused-ring (bicyclic) bond motifs is 1. The zero-order valence-corrected chi connectivity index (χ0v) is 16.8. The average Bonchev–Trinajstić information content (AvgIpc) is 3.17. The number of benzene rings is 2. The smallest absolute Gasteiger partial charge is 0.315 e. The maximum absolute atomic E-state index is 12.4. The molecule has 1 aromatic heterocycles. The summed E-state index contributed by atoms with van der Waals surface area (Å²) in [6.07, 6.45) is 2.88. The molecule has 6 heteroatoms. The Morgan fingerprint density at radius 1 is 0.966 bits per heavy atom. The molecule has 0 aliphatic rings. The first kappa shape index (κ1) is 20.5. The van der Waals surface area contributed by atoms with E-state index in [9.17, 15) is 9.59 Å². The lowest BCUT2D eigenvalue weighted by atomic mass is 10.2. The van der Waals surface area contributed by atoms with Gasteiger partial charge >= 0.3 is 6.03 Å². The maximum atomic E-state index is 12.4. The van der Waals surface area contributed by atoms with Gasteiger partial charge in [0.2, 0.25) is 5.91 Å². The van der Waals surface area contributed by atoms with Crippen LogP contribution < -0.4 is 10.6 Å². The summed E-state index contributed by atoms with van der Waals surface area (Å²) >= 11 is 0. The fourth-order valence-corrected chi connectivity index (χ4v) is 3.30. The molecule has 0 atom stereocenters. The fraction of sp³-hybridized carbons (Fsp3) is 0.304. The number of urea groups is 1. The highest BCUT2D eigenvalue weighted by molar-refractivity contribution is 5.84. The molecule has 0 saturated heterocycles. The molecule has 152 valence electrons. The Hall–Kier alpha value is -3.28. The van der Waals surface area contributed by atoms with Crippen LogP contribution in [0.1, 0.15) is 18.9 Å². The van der Waals surface area contributed by atoms with Crippen LogP contribution in [-0.4, -0.2) is 41.0 Å². The van der Waals surface area contributed by atoms with Gasteiger partial charge in [-0.2, -0.15) is 0 Å². The standard InChI is InChI=1S/C23H28N4O2/c1-2-26(18-19-9-4-3-5-10-19)22(28)17-25-23(29)24-14-8-15-27-16-13-20-11-6-7-12-21(20)27/h3-7,9-13,16H,2,8,14-15,17-18H2,1H3,(H2,24,25,29). The average molecular weight is 393 g/mol. The second-order valence-electron chi connectivity index (χ2n) is 6.92. The first-order valence-corrected chi connectivity index (χ1v) is 10.0. The van der Waals surface area contributed by atoms with E-state index in [2.05, 4.69) is 39.6 Å². The summed E-state index contributed by atoms with van der Waals surface area (Å²) in [4.78, 5) is 26.1. The van der Waals surface area contributed by atoms with Crippen LogP contribution in [0.5, 0.6) is 0 Å². The van der Waals surface area contributed by atoms with Gasteiger partial charge in [-0.3, -0.25) is 4.79 Å². The van der Waals surface area contributed by atoms with Gasteiger partial charge in [0.1, 0.15) is 0 Å². The third-order valence-corrected chi connectivity index (χ3v) is 4.89. The molecular weight excluding hydrogens is 364 g/mol. The Morgan fingerprint density at radius 2 is 1.72 bits per heavy atom. The third-order valence-electron chi connectivity index (χ3n) is 4.89. The molecule has 3 amide bonds. The predicted molar refractivity (Wildman–Crippen MR) is 115 cm³/mol. The Labute approximate surface area is 171 Å². The van der Waals surface area contributed by atoms with Crippen molar-refractivity contribution in [2.24, 2.45) is 0 Å². The molecule has 6 nitrogen and oxygen atoms in total. The van der Waals surface area contributed by atoms with Gasteiger partial charge in [-0.1, -0.05) is 48.5 Å². The number of rotatable bonds is 9. The number of para-hydroxylation sites is 1. The number of aromatic nitrogens is 1. The minimum absolute atomic E-state index is 0.00521. The van der Waals surface area contributed by atoms with Crippen LogP contribution in [0.15, 0.2) is 66.9 Å². The number of hydrogen-bond donors (Lipinski definition) is 2. The molecule has 0 aliphatic carbocycles. The van der Waals surface area contributed by atoms with Gasteiger partial charge < -0.3 is 20.1 Å². The third kappa shape index (κ3) is 5.85. The summed E-state index contributed by atoms with van der Waals surface area (Å²) in [6, 6.07) is 19.9. The predicted octanol–water partition coefficient (Wildman–Crippen LogP) is 3.38. The lowest BCUT2D eigenvalue weighted by molar-refractivity contribution is -0.130. The number of aryl methyl sites for hydroxylation is 1. The first-order valence-electron chi connectivity index (χ1n) is 10.0. The summed E-state index contributed by atoms with van der Waals surface area (Å²) in [5.41, 5.74) is 2.27. The summed E-state index contributed by atoms with van der Waals surface area (Å²) in [5, 5.41) is 6.69. The monoisotopic (exact) mass is 392 g/mol. The zero-order valence-electron chi connectivity index (χ0n) is 16.8. The minimum Gasteiger partial charge on any atom is -0.347 e. The van der Waals surface area contributed by atoms with Gasteiger partial charge in [0.15, 0.2) is 0 Å². The Bertz CT molecular complexity index is 936. The lowest BCUT2D eigenvalue weighted by Gasteiger charge is -2.21. The molecule has 3 aromatic rings. The van der Waals surface area contributed by atoms with Crippen molar-refractivity contribution >= 4 is 22.8 Å². The van der Waals surface area contributed by atoms with Gasteiger partial charge in [0, 0.05) is 37.9 Å². The van der Waals surface area contributed by atoms with Crippen molar-refractivity contribution in [3.8, 4) is 0 Å². The van der Waals surface area contributed by atoms with Gasteiger partial charge in [0.25, 0.3) is 0 Å². The molecule has 1 heterocycles. The second-order valence-corrected chi connectivity index (χ2v) is 6.92. The van der Waals surface area contributed by atoms with E-state index in [0.29, 0.717) is 19.6 Å². The quantitative estimate of drug-likeness (QED) is 0.548. The van der Waals surface area contributed by atoms with E-state index in [-0.39, 0.29) is 18.5 Å². The van der Waals surface area contributed by atoms with Crippen LogP contribution in [0, 0.1) is 0 Å². The highest BCUT2D eigenvalue weighted by Gasteiger charge is 2.13. The summed E-state index contributed by atoms with van der Waals surface area (Å²) < 4.78 is 2.18. The number of carbonyl (C=O) groups is 2. The van der Waals surface area contributed by atoms with E-state index in [1.165, 1.54) is 10.9 Å². The molecule has 0 radical (unpaired) electrons. The van der Waals surface area contributed by atoms with E-state index in [1.807, 2.05) is 49.4 Å². The Kier molecular flexibility index (Phi) is 7.28. The van der Waals surface area contributed by atoms with Crippen molar-refractivity contribution in [3.05, 3.63) is 72.4 Å². The van der Waals surface area contributed by atoms with Crippen LogP contribution in [0.4, 0.5) is 4.79 Å². The lowest BCUT2D eigenvalue weighted by Crippen LogP contribution is -2.43. The fourth-order valence-electron chi connectivity index (χ4n) is 3.30. The summed E-state index contributed by atoms with van der Waals surface area (Å²) in [6.45, 7) is 4.45. The largest absolute Gasteiger partial charge is 0.347 e. The van der Waals surface area contributed by atoms with E-state index in [1.54, 1.807) is 4.90 Å². The van der Waals surface area contributed by atoms with Crippen molar-refractivity contribution < 1.29 is 9.59 Å². The first-order chi connectivity index (χ1) is 14.2. The van der Waals surface area contributed by atoms with Crippen LogP contribution in [0.3, 0.4) is 0 Å². The summed E-state index contributed by atoms with van der Waals surface area (Å²) in [5.74, 6) is -0.0923. The Balaban J connectivity index is 1.36. The molecule has 0 aliphatic heterocycles. The van der Waals surface area contributed by atoms with Gasteiger partial charge in [0.05, 0.1) is 6.54 Å². The van der Waals surface area contributed by atoms with Crippen molar-refractivity contribution in [2.75, 3.05) is 19.6 Å². The normalized spacial score (nSPS) is 10.7. The van der Waals surface area contributed by atoms with Crippen LogP contribution in [0.2, 0.25) is 0 Å². The molecule has 0 spiro atoms. The van der Waals surface area contributed by atoms with Crippen molar-refractivity contribution in [1.29, 1.82) is 0 Å². The van der Waals surface area contributed by atoms with Crippen LogP contribution >= 0.6 is 0 Å². The van der Waals surface area contributed by atoms with Crippen molar-refractivity contribution in [3.63, 3.8) is 0 Å². The van der Waals surface area contributed by atoms with Crippen molar-refractivity contribution in [1.82, 2.24) is 20.1 Å². The number of nitrogens with one attached hydrogen (secondary N) is 2. The number of likely N-dealkylation sites (N-methyl/N-ethyl adjacent to an activating group) is 1. The summed E-state index contributed by atoms with van der Waals surface area (Å²) in [7, 11) is 0. The van der Waals surface area contributed by atoms with Gasteiger partial charge in [-0.15, -0.1) is 0 Å². The molecule has 2 N–H and O–H groups in total. The Morgan fingerprint density at radius 3 is 2.52 bits per heavy atom. The number of hydrogen-bond acceptors (Lipinski definition) is 2. The number of amides is 3. The van der Waals surface area contributed by atoms with Crippen LogP contribution in [-0.2, 0) is 17.9 Å². The molecule has 29 heavy (non-hydrogen) atoms. The van der Waals surface area contributed by atoms with E-state index in [0.717, 1.165) is 18.5 Å². The topological polar surface area (TPSA) is 66.4 Å². The highest BCUT2D eigenvalue weighted by atomic mass is 16.2. The van der Waals surface area contributed by atoms with E-state index >= 15 is 0 Å². The van der Waals surface area contributed by atoms with Crippen molar-refractivity contribution in [2.45, 2.75) is 26.4 Å². The number of carbonyl (C=O) groups excluding carboxylic acids is 2. The minimum atomic E-state index is -0.313. The van der Waals surface area contributed by atoms with E-state index < -0.39 is 0 Å².